The standard InChI is InChI=1S/C11H12N2O/c1-2-4-10-9(3-1)12-11(13-10)6-5-8-7-14-8/h1-4,8H,5-7H2,(H,12,13)/t8-/m0/s1. The molecule has 1 aliphatic heterocycles. The lowest BCUT2D eigenvalue weighted by Gasteiger charge is -1.90. The molecule has 3 nitrogen and oxygen atoms in total. The van der Waals surface area contributed by atoms with Gasteiger partial charge in [-0.15, -0.1) is 0 Å². The maximum absolute atomic E-state index is 5.16. The first-order valence-corrected chi connectivity index (χ1v) is 4.97. The predicted octanol–water partition coefficient (Wildman–Crippen LogP) is 1.89. The van der Waals surface area contributed by atoms with Gasteiger partial charge in [-0.2, -0.15) is 0 Å². The minimum Gasteiger partial charge on any atom is -0.373 e. The van der Waals surface area contributed by atoms with E-state index in [1.165, 1.54) is 0 Å². The summed E-state index contributed by atoms with van der Waals surface area (Å²) < 4.78 is 5.16. The highest BCUT2D eigenvalue weighted by molar-refractivity contribution is 5.74. The summed E-state index contributed by atoms with van der Waals surface area (Å²) in [6, 6.07) is 8.12. The molecule has 1 saturated heterocycles. The summed E-state index contributed by atoms with van der Waals surface area (Å²) in [5, 5.41) is 0. The molecular weight excluding hydrogens is 176 g/mol. The molecule has 0 saturated carbocycles. The van der Waals surface area contributed by atoms with Crippen LogP contribution in [0.3, 0.4) is 0 Å². The maximum Gasteiger partial charge on any atom is 0.107 e. The Morgan fingerprint density at radius 2 is 2.29 bits per heavy atom. The normalized spacial score (nSPS) is 20.1. The zero-order valence-electron chi connectivity index (χ0n) is 7.86. The van der Waals surface area contributed by atoms with Crippen LogP contribution >= 0.6 is 0 Å². The van der Waals surface area contributed by atoms with E-state index in [0.29, 0.717) is 6.10 Å². The third-order valence-electron chi connectivity index (χ3n) is 2.54. The van der Waals surface area contributed by atoms with Crippen LogP contribution in [0.4, 0.5) is 0 Å². The molecule has 3 heteroatoms. The first-order chi connectivity index (χ1) is 6.92. The van der Waals surface area contributed by atoms with Gasteiger partial charge in [-0.25, -0.2) is 4.98 Å². The molecule has 14 heavy (non-hydrogen) atoms. The molecule has 1 atom stereocenters. The van der Waals surface area contributed by atoms with Crippen LogP contribution in [0.25, 0.3) is 11.0 Å². The third-order valence-corrected chi connectivity index (χ3v) is 2.54. The van der Waals surface area contributed by atoms with Crippen molar-refractivity contribution < 1.29 is 4.74 Å². The molecule has 1 aromatic carbocycles. The fourth-order valence-corrected chi connectivity index (χ4v) is 1.66. The van der Waals surface area contributed by atoms with E-state index in [9.17, 15) is 0 Å². The lowest BCUT2D eigenvalue weighted by molar-refractivity contribution is 0.395. The highest BCUT2D eigenvalue weighted by Gasteiger charge is 2.22. The molecule has 0 aliphatic carbocycles. The van der Waals surface area contributed by atoms with Gasteiger partial charge in [0.1, 0.15) is 5.82 Å². The maximum atomic E-state index is 5.16. The first kappa shape index (κ1) is 8.00. The average molecular weight is 188 g/mol. The van der Waals surface area contributed by atoms with E-state index in [-0.39, 0.29) is 0 Å². The molecular formula is C11H12N2O. The van der Waals surface area contributed by atoms with Crippen molar-refractivity contribution in [1.82, 2.24) is 9.97 Å². The fraction of sp³-hybridized carbons (Fsp3) is 0.364. The van der Waals surface area contributed by atoms with E-state index in [1.807, 2.05) is 18.2 Å². The Labute approximate surface area is 82.1 Å². The number of aromatic amines is 1. The molecule has 0 spiro atoms. The fourth-order valence-electron chi connectivity index (χ4n) is 1.66. The second kappa shape index (κ2) is 3.10. The Kier molecular flexibility index (Phi) is 1.77. The number of hydrogen-bond donors (Lipinski definition) is 1. The van der Waals surface area contributed by atoms with Gasteiger partial charge in [0.15, 0.2) is 0 Å². The predicted molar refractivity (Wildman–Crippen MR) is 54.2 cm³/mol. The lowest BCUT2D eigenvalue weighted by atomic mass is 10.2. The number of H-pyrrole nitrogens is 1. The van der Waals surface area contributed by atoms with E-state index in [0.717, 1.165) is 36.3 Å². The number of nitrogens with one attached hydrogen (secondary N) is 1. The third kappa shape index (κ3) is 1.51. The molecule has 1 N–H and O–H groups in total. The Balaban J connectivity index is 1.82. The number of imidazole rings is 1. The molecule has 0 bridgehead atoms. The largest absolute Gasteiger partial charge is 0.373 e. The van der Waals surface area contributed by atoms with Crippen molar-refractivity contribution in [3.8, 4) is 0 Å². The number of rotatable bonds is 3. The second-order valence-electron chi connectivity index (χ2n) is 3.69. The van der Waals surface area contributed by atoms with Gasteiger partial charge >= 0.3 is 0 Å². The Hall–Kier alpha value is -1.35. The summed E-state index contributed by atoms with van der Waals surface area (Å²) in [5.41, 5.74) is 2.18. The van der Waals surface area contributed by atoms with Gasteiger partial charge in [0.2, 0.25) is 0 Å². The van der Waals surface area contributed by atoms with Gasteiger partial charge < -0.3 is 9.72 Å². The molecule has 3 rings (SSSR count). The summed E-state index contributed by atoms with van der Waals surface area (Å²) in [6.45, 7) is 0.931. The lowest BCUT2D eigenvalue weighted by Crippen LogP contribution is -1.92. The Morgan fingerprint density at radius 1 is 1.43 bits per heavy atom. The van der Waals surface area contributed by atoms with E-state index in [4.69, 9.17) is 4.74 Å². The number of fused-ring (bicyclic) bond motifs is 1. The SMILES string of the molecule is c1ccc2[nH]c(CC[C@H]3CO3)nc2c1. The van der Waals surface area contributed by atoms with Crippen LogP contribution in [0.2, 0.25) is 0 Å². The topological polar surface area (TPSA) is 41.2 Å². The molecule has 1 aromatic heterocycles. The number of aryl methyl sites for hydroxylation is 1. The number of epoxide rings is 1. The van der Waals surface area contributed by atoms with Crippen LogP contribution in [-0.4, -0.2) is 22.7 Å². The van der Waals surface area contributed by atoms with Gasteiger partial charge in [-0.1, -0.05) is 12.1 Å². The van der Waals surface area contributed by atoms with Gasteiger partial charge in [0.25, 0.3) is 0 Å². The first-order valence-electron chi connectivity index (χ1n) is 4.97. The van der Waals surface area contributed by atoms with Crippen molar-refractivity contribution in [2.45, 2.75) is 18.9 Å². The van der Waals surface area contributed by atoms with Gasteiger partial charge in [0.05, 0.1) is 23.7 Å². The zero-order chi connectivity index (χ0) is 9.38. The van der Waals surface area contributed by atoms with E-state index in [1.54, 1.807) is 0 Å². The molecule has 1 aliphatic rings. The van der Waals surface area contributed by atoms with Crippen molar-refractivity contribution in [1.29, 1.82) is 0 Å². The van der Waals surface area contributed by atoms with Crippen LogP contribution in [0, 0.1) is 0 Å². The van der Waals surface area contributed by atoms with Crippen molar-refractivity contribution in [2.75, 3.05) is 6.61 Å². The van der Waals surface area contributed by atoms with E-state index >= 15 is 0 Å². The summed E-state index contributed by atoms with van der Waals surface area (Å²) in [6.07, 6.45) is 2.56. The van der Waals surface area contributed by atoms with Crippen molar-refractivity contribution in [3.63, 3.8) is 0 Å². The number of benzene rings is 1. The molecule has 2 heterocycles. The van der Waals surface area contributed by atoms with Crippen LogP contribution in [0.5, 0.6) is 0 Å². The smallest absolute Gasteiger partial charge is 0.107 e. The van der Waals surface area contributed by atoms with E-state index < -0.39 is 0 Å². The summed E-state index contributed by atoms with van der Waals surface area (Å²) in [7, 11) is 0. The highest BCUT2D eigenvalue weighted by atomic mass is 16.6. The number of aromatic nitrogens is 2. The highest BCUT2D eigenvalue weighted by Crippen LogP contribution is 2.17. The number of ether oxygens (including phenoxy) is 1. The molecule has 0 unspecified atom stereocenters. The van der Waals surface area contributed by atoms with Gasteiger partial charge in [-0.05, 0) is 18.6 Å². The van der Waals surface area contributed by atoms with Crippen LogP contribution in [-0.2, 0) is 11.2 Å². The quantitative estimate of drug-likeness (QED) is 0.747. The van der Waals surface area contributed by atoms with Crippen LogP contribution in [0.15, 0.2) is 24.3 Å². The Morgan fingerprint density at radius 3 is 3.07 bits per heavy atom. The minimum atomic E-state index is 0.489. The van der Waals surface area contributed by atoms with Gasteiger partial charge in [-0.3, -0.25) is 0 Å². The molecule has 1 fully saturated rings. The van der Waals surface area contributed by atoms with Crippen LogP contribution in [0.1, 0.15) is 12.2 Å². The van der Waals surface area contributed by atoms with E-state index in [2.05, 4.69) is 16.0 Å². The second-order valence-corrected chi connectivity index (χ2v) is 3.69. The molecule has 72 valence electrons. The number of para-hydroxylation sites is 2. The summed E-state index contributed by atoms with van der Waals surface area (Å²) in [4.78, 5) is 7.81. The van der Waals surface area contributed by atoms with Crippen molar-refractivity contribution in [3.05, 3.63) is 30.1 Å². The van der Waals surface area contributed by atoms with Gasteiger partial charge in [0, 0.05) is 6.42 Å². The monoisotopic (exact) mass is 188 g/mol. The zero-order valence-corrected chi connectivity index (χ0v) is 7.86. The summed E-state index contributed by atoms with van der Waals surface area (Å²) >= 11 is 0. The van der Waals surface area contributed by atoms with Crippen molar-refractivity contribution in [2.24, 2.45) is 0 Å². The van der Waals surface area contributed by atoms with Crippen LogP contribution < -0.4 is 0 Å². The minimum absolute atomic E-state index is 0.489. The molecule has 0 radical (unpaired) electrons. The Bertz CT molecular complexity index is 412. The average Bonchev–Trinajstić information content (AvgIpc) is 2.94. The number of hydrogen-bond acceptors (Lipinski definition) is 2. The molecule has 0 amide bonds. The van der Waals surface area contributed by atoms with Crippen molar-refractivity contribution >= 4 is 11.0 Å². The number of nitrogens with zero attached hydrogens (tertiary/aromatic N) is 1. The summed E-state index contributed by atoms with van der Waals surface area (Å²) in [5.74, 6) is 1.07. The molecule has 2 aromatic rings.